The molecule has 0 amide bonds. The molecule has 1 aliphatic rings. The van der Waals surface area contributed by atoms with E-state index in [1.807, 2.05) is 13.0 Å². The summed E-state index contributed by atoms with van der Waals surface area (Å²) in [5, 5.41) is 13.8. The first-order valence-electron chi connectivity index (χ1n) is 5.86. The Labute approximate surface area is 102 Å². The second-order valence-electron chi connectivity index (χ2n) is 4.61. The number of phenols is 1. The molecule has 16 heavy (non-hydrogen) atoms. The van der Waals surface area contributed by atoms with Crippen LogP contribution in [-0.4, -0.2) is 18.2 Å². The Morgan fingerprint density at radius 1 is 1.50 bits per heavy atom. The van der Waals surface area contributed by atoms with Gasteiger partial charge in [0.2, 0.25) is 0 Å². The summed E-state index contributed by atoms with van der Waals surface area (Å²) >= 11 is 5.94. The lowest BCUT2D eigenvalue weighted by Crippen LogP contribution is -2.31. The Kier molecular flexibility index (Phi) is 3.72. The standard InChI is InChI=1S/C13H18ClNO/c1-9-4-5-12(14)13(16)11(9)7-10-3-2-6-15-8-10/h4-5,10,15-16H,2-3,6-8H2,1H3. The van der Waals surface area contributed by atoms with E-state index in [0.29, 0.717) is 10.9 Å². The summed E-state index contributed by atoms with van der Waals surface area (Å²) in [5.41, 5.74) is 2.15. The molecule has 1 aromatic carbocycles. The fourth-order valence-corrected chi connectivity index (χ4v) is 2.53. The van der Waals surface area contributed by atoms with Crippen molar-refractivity contribution < 1.29 is 5.11 Å². The van der Waals surface area contributed by atoms with Gasteiger partial charge in [0, 0.05) is 0 Å². The van der Waals surface area contributed by atoms with Gasteiger partial charge in [0.25, 0.3) is 0 Å². The summed E-state index contributed by atoms with van der Waals surface area (Å²) in [6.45, 7) is 4.20. The molecule has 0 aliphatic carbocycles. The average Bonchev–Trinajstić information content (AvgIpc) is 2.31. The normalized spacial score (nSPS) is 21.0. The van der Waals surface area contributed by atoms with Crippen molar-refractivity contribution in [3.63, 3.8) is 0 Å². The van der Waals surface area contributed by atoms with Crippen molar-refractivity contribution in [2.75, 3.05) is 13.1 Å². The third-order valence-corrected chi connectivity index (χ3v) is 3.66. The molecule has 1 heterocycles. The van der Waals surface area contributed by atoms with Gasteiger partial charge >= 0.3 is 0 Å². The van der Waals surface area contributed by atoms with E-state index < -0.39 is 0 Å². The highest BCUT2D eigenvalue weighted by Gasteiger charge is 2.17. The van der Waals surface area contributed by atoms with Crippen LogP contribution in [0.5, 0.6) is 5.75 Å². The predicted molar refractivity (Wildman–Crippen MR) is 67.2 cm³/mol. The number of benzene rings is 1. The largest absolute Gasteiger partial charge is 0.506 e. The summed E-state index contributed by atoms with van der Waals surface area (Å²) in [6.07, 6.45) is 3.38. The number of hydrogen-bond donors (Lipinski definition) is 2. The van der Waals surface area contributed by atoms with Crippen molar-refractivity contribution in [3.8, 4) is 5.75 Å². The lowest BCUT2D eigenvalue weighted by molar-refractivity contribution is 0.369. The van der Waals surface area contributed by atoms with Crippen molar-refractivity contribution in [3.05, 3.63) is 28.3 Å². The Balaban J connectivity index is 2.16. The van der Waals surface area contributed by atoms with Crippen molar-refractivity contribution in [1.82, 2.24) is 5.32 Å². The van der Waals surface area contributed by atoms with E-state index in [9.17, 15) is 5.11 Å². The Morgan fingerprint density at radius 2 is 2.31 bits per heavy atom. The third kappa shape index (κ3) is 2.50. The van der Waals surface area contributed by atoms with Crippen LogP contribution in [0.25, 0.3) is 0 Å². The molecule has 0 spiro atoms. The highest BCUT2D eigenvalue weighted by Crippen LogP contribution is 2.32. The lowest BCUT2D eigenvalue weighted by Gasteiger charge is -2.24. The predicted octanol–water partition coefficient (Wildman–Crippen LogP) is 2.90. The average molecular weight is 240 g/mol. The number of phenolic OH excluding ortho intramolecular Hbond substituents is 1. The van der Waals surface area contributed by atoms with Gasteiger partial charge in [-0.25, -0.2) is 0 Å². The van der Waals surface area contributed by atoms with Gasteiger partial charge in [-0.15, -0.1) is 0 Å². The Morgan fingerprint density at radius 3 is 3.00 bits per heavy atom. The van der Waals surface area contributed by atoms with Gasteiger partial charge in [-0.05, 0) is 62.4 Å². The first kappa shape index (κ1) is 11.7. The molecule has 3 heteroatoms. The van der Waals surface area contributed by atoms with Crippen molar-refractivity contribution in [1.29, 1.82) is 0 Å². The number of nitrogens with one attached hydrogen (secondary N) is 1. The third-order valence-electron chi connectivity index (χ3n) is 3.36. The van der Waals surface area contributed by atoms with Crippen LogP contribution < -0.4 is 5.32 Å². The number of halogens is 1. The van der Waals surface area contributed by atoms with Crippen LogP contribution in [0.3, 0.4) is 0 Å². The van der Waals surface area contributed by atoms with Gasteiger partial charge in [-0.1, -0.05) is 17.7 Å². The topological polar surface area (TPSA) is 32.3 Å². The number of aromatic hydroxyl groups is 1. The Bertz CT molecular complexity index is 372. The van der Waals surface area contributed by atoms with Crippen LogP contribution in [-0.2, 0) is 6.42 Å². The molecule has 0 radical (unpaired) electrons. The van der Waals surface area contributed by atoms with Gasteiger partial charge in [0.1, 0.15) is 5.75 Å². The summed E-state index contributed by atoms with van der Waals surface area (Å²) in [5.74, 6) is 0.893. The van der Waals surface area contributed by atoms with Crippen LogP contribution >= 0.6 is 11.6 Å². The molecule has 1 unspecified atom stereocenters. The van der Waals surface area contributed by atoms with E-state index in [1.165, 1.54) is 12.8 Å². The molecular formula is C13H18ClNO. The SMILES string of the molecule is Cc1ccc(Cl)c(O)c1CC1CCCNC1. The summed E-state index contributed by atoms with van der Waals surface area (Å²) in [6, 6.07) is 3.74. The van der Waals surface area contributed by atoms with Crippen molar-refractivity contribution in [2.45, 2.75) is 26.2 Å². The summed E-state index contributed by atoms with van der Waals surface area (Å²) < 4.78 is 0. The van der Waals surface area contributed by atoms with E-state index >= 15 is 0 Å². The lowest BCUT2D eigenvalue weighted by atomic mass is 9.90. The zero-order valence-corrected chi connectivity index (χ0v) is 10.3. The maximum atomic E-state index is 9.96. The second-order valence-corrected chi connectivity index (χ2v) is 5.02. The molecule has 2 nitrogen and oxygen atoms in total. The smallest absolute Gasteiger partial charge is 0.137 e. The van der Waals surface area contributed by atoms with Gasteiger partial charge in [0.05, 0.1) is 5.02 Å². The minimum atomic E-state index is 0.271. The zero-order valence-electron chi connectivity index (χ0n) is 9.59. The van der Waals surface area contributed by atoms with Gasteiger partial charge in [-0.3, -0.25) is 0 Å². The molecule has 1 saturated heterocycles. The molecule has 1 aromatic rings. The molecule has 1 aliphatic heterocycles. The van der Waals surface area contributed by atoms with E-state index in [0.717, 1.165) is 30.6 Å². The first-order valence-corrected chi connectivity index (χ1v) is 6.24. The highest BCUT2D eigenvalue weighted by molar-refractivity contribution is 6.32. The number of rotatable bonds is 2. The molecule has 88 valence electrons. The quantitative estimate of drug-likeness (QED) is 0.832. The minimum Gasteiger partial charge on any atom is -0.506 e. The van der Waals surface area contributed by atoms with E-state index in [4.69, 9.17) is 11.6 Å². The molecular weight excluding hydrogens is 222 g/mol. The fraction of sp³-hybridized carbons (Fsp3) is 0.538. The minimum absolute atomic E-state index is 0.271. The molecule has 0 bridgehead atoms. The van der Waals surface area contributed by atoms with Gasteiger partial charge in [-0.2, -0.15) is 0 Å². The van der Waals surface area contributed by atoms with E-state index in [1.54, 1.807) is 6.07 Å². The fourth-order valence-electron chi connectivity index (χ4n) is 2.35. The monoisotopic (exact) mass is 239 g/mol. The van der Waals surface area contributed by atoms with Gasteiger partial charge < -0.3 is 10.4 Å². The van der Waals surface area contributed by atoms with Crippen LogP contribution in [0.1, 0.15) is 24.0 Å². The Hall–Kier alpha value is -0.730. The van der Waals surface area contributed by atoms with Crippen LogP contribution in [0.15, 0.2) is 12.1 Å². The van der Waals surface area contributed by atoms with Gasteiger partial charge in [0.15, 0.2) is 0 Å². The zero-order chi connectivity index (χ0) is 11.5. The molecule has 1 atom stereocenters. The molecule has 2 rings (SSSR count). The molecule has 0 saturated carbocycles. The maximum Gasteiger partial charge on any atom is 0.137 e. The van der Waals surface area contributed by atoms with E-state index in [-0.39, 0.29) is 5.75 Å². The summed E-state index contributed by atoms with van der Waals surface area (Å²) in [7, 11) is 0. The number of hydrogen-bond acceptors (Lipinski definition) is 2. The summed E-state index contributed by atoms with van der Waals surface area (Å²) in [4.78, 5) is 0. The molecule has 1 fully saturated rings. The van der Waals surface area contributed by atoms with Crippen LogP contribution in [0.4, 0.5) is 0 Å². The second kappa shape index (κ2) is 5.07. The van der Waals surface area contributed by atoms with E-state index in [2.05, 4.69) is 5.32 Å². The highest BCUT2D eigenvalue weighted by atomic mass is 35.5. The molecule has 2 N–H and O–H groups in total. The van der Waals surface area contributed by atoms with Crippen LogP contribution in [0.2, 0.25) is 5.02 Å². The first-order chi connectivity index (χ1) is 7.68. The van der Waals surface area contributed by atoms with Crippen molar-refractivity contribution in [2.24, 2.45) is 5.92 Å². The molecule has 0 aromatic heterocycles. The van der Waals surface area contributed by atoms with Crippen molar-refractivity contribution >= 4 is 11.6 Å². The number of aryl methyl sites for hydroxylation is 1. The number of piperidine rings is 1. The maximum absolute atomic E-state index is 9.96. The van der Waals surface area contributed by atoms with Crippen LogP contribution in [0, 0.1) is 12.8 Å².